The van der Waals surface area contributed by atoms with E-state index < -0.39 is 33.6 Å². The number of benzene rings is 2. The van der Waals surface area contributed by atoms with Gasteiger partial charge in [-0.2, -0.15) is 4.31 Å². The zero-order valence-corrected chi connectivity index (χ0v) is 20.3. The summed E-state index contributed by atoms with van der Waals surface area (Å²) in [7, 11) is -4.16. The third-order valence-corrected chi connectivity index (χ3v) is 8.30. The lowest BCUT2D eigenvalue weighted by Gasteiger charge is -2.41. The average molecular weight is 511 g/mol. The van der Waals surface area contributed by atoms with Gasteiger partial charge in [-0.05, 0) is 54.8 Å². The number of aromatic amines is 1. The Balaban J connectivity index is 1.93. The van der Waals surface area contributed by atoms with Crippen LogP contribution in [0.25, 0.3) is 0 Å². The molecular formula is C22H24ClFN4O5S. The minimum Gasteiger partial charge on any atom is -0.395 e. The summed E-state index contributed by atoms with van der Waals surface area (Å²) in [5, 5.41) is 16.0. The summed E-state index contributed by atoms with van der Waals surface area (Å²) in [4.78, 5) is 13.4. The van der Waals surface area contributed by atoms with E-state index in [0.717, 1.165) is 9.87 Å². The van der Waals surface area contributed by atoms with E-state index in [0.29, 0.717) is 21.8 Å². The molecule has 0 unspecified atom stereocenters. The van der Waals surface area contributed by atoms with E-state index in [1.165, 1.54) is 24.3 Å². The zero-order chi connectivity index (χ0) is 24.8. The summed E-state index contributed by atoms with van der Waals surface area (Å²) in [5.41, 5.74) is 2.12. The van der Waals surface area contributed by atoms with Crippen LogP contribution in [0.2, 0.25) is 5.02 Å². The molecule has 2 N–H and O–H groups in total. The topological polar surface area (TPSA) is 120 Å². The second-order valence-corrected chi connectivity index (χ2v) is 10.5. The van der Waals surface area contributed by atoms with Crippen molar-refractivity contribution >= 4 is 27.3 Å². The van der Waals surface area contributed by atoms with Gasteiger partial charge in [0.2, 0.25) is 15.9 Å². The van der Waals surface area contributed by atoms with Gasteiger partial charge in [0.15, 0.2) is 0 Å². The number of aliphatic hydroxyl groups is 1. The van der Waals surface area contributed by atoms with Crippen LogP contribution in [0, 0.1) is 19.7 Å². The molecule has 2 atom stereocenters. The number of nitrogens with zero attached hydrogens (tertiary/aromatic N) is 3. The van der Waals surface area contributed by atoms with Crippen molar-refractivity contribution in [1.29, 1.82) is 0 Å². The number of aryl methyl sites for hydroxylation is 1. The van der Waals surface area contributed by atoms with Gasteiger partial charge in [-0.3, -0.25) is 0 Å². The summed E-state index contributed by atoms with van der Waals surface area (Å²) in [5.74, 6) is -2.34. The SMILES string of the molecule is Cc1ccc(F)c([C@@H](C)[C@@H](c2n[nH]c(=O)o2)N2CN(CCO)c3cc(Cl)ccc3S2(=O)=O)c1C. The molecule has 0 saturated carbocycles. The van der Waals surface area contributed by atoms with Crippen LogP contribution >= 0.6 is 11.6 Å². The Morgan fingerprint density at radius 3 is 2.68 bits per heavy atom. The van der Waals surface area contributed by atoms with E-state index in [4.69, 9.17) is 16.0 Å². The fourth-order valence-electron chi connectivity index (χ4n) is 4.43. The van der Waals surface area contributed by atoms with E-state index in [2.05, 4.69) is 10.2 Å². The Labute approximate surface area is 200 Å². The van der Waals surface area contributed by atoms with E-state index in [1.54, 1.807) is 24.8 Å². The van der Waals surface area contributed by atoms with Crippen LogP contribution in [0.5, 0.6) is 0 Å². The smallest absolute Gasteiger partial charge is 0.395 e. The molecule has 182 valence electrons. The van der Waals surface area contributed by atoms with E-state index in [9.17, 15) is 18.3 Å². The predicted molar refractivity (Wildman–Crippen MR) is 124 cm³/mol. The van der Waals surface area contributed by atoms with Gasteiger partial charge in [0.1, 0.15) is 16.8 Å². The lowest BCUT2D eigenvalue weighted by Crippen LogP contribution is -2.50. The molecule has 9 nitrogen and oxygen atoms in total. The van der Waals surface area contributed by atoms with Gasteiger partial charge in [-0.15, -0.1) is 5.10 Å². The lowest BCUT2D eigenvalue weighted by atomic mass is 9.87. The number of H-pyrrole nitrogens is 1. The van der Waals surface area contributed by atoms with Crippen molar-refractivity contribution < 1.29 is 22.3 Å². The quantitative estimate of drug-likeness (QED) is 0.523. The number of β-amino-alcohol motifs (C(OH)–C–C–N with tert-alkyl or cyclic N) is 1. The molecule has 1 aliphatic heterocycles. The Bertz CT molecular complexity index is 1390. The van der Waals surface area contributed by atoms with Gasteiger partial charge in [0, 0.05) is 17.5 Å². The second kappa shape index (κ2) is 9.14. The number of aliphatic hydroxyl groups excluding tert-OH is 1. The minimum atomic E-state index is -4.16. The molecule has 0 radical (unpaired) electrons. The van der Waals surface area contributed by atoms with Crippen molar-refractivity contribution in [2.45, 2.75) is 37.6 Å². The number of rotatable bonds is 6. The molecule has 34 heavy (non-hydrogen) atoms. The first kappa shape index (κ1) is 24.4. The Morgan fingerprint density at radius 2 is 2.03 bits per heavy atom. The van der Waals surface area contributed by atoms with Gasteiger partial charge in [0.05, 0.1) is 19.0 Å². The number of anilines is 1. The zero-order valence-electron chi connectivity index (χ0n) is 18.7. The lowest BCUT2D eigenvalue weighted by molar-refractivity contribution is 0.227. The second-order valence-electron chi connectivity index (χ2n) is 8.22. The first-order valence-electron chi connectivity index (χ1n) is 10.5. The Kier molecular flexibility index (Phi) is 6.56. The van der Waals surface area contributed by atoms with Crippen LogP contribution in [0.15, 0.2) is 44.4 Å². The standard InChI is InChI=1S/C22H24ClFN4O5S/c1-12-4-6-16(24)19(13(12)2)14(3)20(21-25-26-22(30)33-21)28-11-27(8-9-29)17-10-15(23)5-7-18(17)34(28,31)32/h4-7,10,14,20,29H,8-9,11H2,1-3H3,(H,26,30)/t14-,20+/m1/s1. The number of halogens is 2. The fraction of sp³-hybridized carbons (Fsp3) is 0.364. The van der Waals surface area contributed by atoms with Crippen molar-refractivity contribution in [3.8, 4) is 0 Å². The van der Waals surface area contributed by atoms with Crippen molar-refractivity contribution in [3.63, 3.8) is 0 Å². The summed E-state index contributed by atoms with van der Waals surface area (Å²) >= 11 is 6.11. The monoisotopic (exact) mass is 510 g/mol. The number of aromatic nitrogens is 2. The van der Waals surface area contributed by atoms with Crippen molar-refractivity contribution in [1.82, 2.24) is 14.5 Å². The highest BCUT2D eigenvalue weighted by molar-refractivity contribution is 7.89. The van der Waals surface area contributed by atoms with Crippen LogP contribution in [-0.2, 0) is 10.0 Å². The summed E-state index contributed by atoms with van der Waals surface area (Å²) in [6, 6.07) is 6.15. The number of nitrogens with one attached hydrogen (secondary N) is 1. The molecule has 0 amide bonds. The van der Waals surface area contributed by atoms with E-state index >= 15 is 4.39 Å². The third-order valence-electron chi connectivity index (χ3n) is 6.21. The molecule has 0 fully saturated rings. The molecule has 12 heteroatoms. The minimum absolute atomic E-state index is 0.0341. The van der Waals surface area contributed by atoms with Gasteiger partial charge < -0.3 is 14.4 Å². The van der Waals surface area contributed by atoms with Crippen molar-refractivity contribution in [3.05, 3.63) is 74.3 Å². The largest absolute Gasteiger partial charge is 0.434 e. The maximum Gasteiger partial charge on any atom is 0.434 e. The molecule has 4 rings (SSSR count). The normalized spacial score (nSPS) is 17.4. The van der Waals surface area contributed by atoms with Gasteiger partial charge in [0.25, 0.3) is 0 Å². The maximum atomic E-state index is 15.1. The third kappa shape index (κ3) is 4.13. The summed E-state index contributed by atoms with van der Waals surface area (Å²) in [6.45, 7) is 4.91. The first-order chi connectivity index (χ1) is 16.1. The van der Waals surface area contributed by atoms with Crippen molar-refractivity contribution in [2.24, 2.45) is 0 Å². The van der Waals surface area contributed by atoms with Gasteiger partial charge in [-0.1, -0.05) is 24.6 Å². The Hall–Kier alpha value is -2.73. The molecule has 1 aromatic heterocycles. The molecule has 2 heterocycles. The summed E-state index contributed by atoms with van der Waals surface area (Å²) in [6.07, 6.45) is 0. The van der Waals surface area contributed by atoms with Crippen LogP contribution in [0.4, 0.5) is 10.1 Å². The molecule has 0 aliphatic carbocycles. The molecule has 0 saturated heterocycles. The highest BCUT2D eigenvalue weighted by Crippen LogP contribution is 2.44. The Morgan fingerprint density at radius 1 is 1.29 bits per heavy atom. The number of fused-ring (bicyclic) bond motifs is 1. The van der Waals surface area contributed by atoms with E-state index in [-0.39, 0.29) is 30.6 Å². The van der Waals surface area contributed by atoms with Gasteiger partial charge in [-0.25, -0.2) is 22.7 Å². The molecule has 0 spiro atoms. The van der Waals surface area contributed by atoms with Crippen molar-refractivity contribution in [2.75, 3.05) is 24.7 Å². The highest BCUT2D eigenvalue weighted by atomic mass is 35.5. The first-order valence-corrected chi connectivity index (χ1v) is 12.4. The number of hydrogen-bond donors (Lipinski definition) is 2. The predicted octanol–water partition coefficient (Wildman–Crippen LogP) is 3.08. The molecule has 2 aromatic carbocycles. The molecule has 0 bridgehead atoms. The van der Waals surface area contributed by atoms with Crippen LogP contribution in [-0.4, -0.2) is 47.8 Å². The van der Waals surface area contributed by atoms with E-state index in [1.807, 2.05) is 6.92 Å². The van der Waals surface area contributed by atoms with Crippen LogP contribution in [0.3, 0.4) is 0 Å². The van der Waals surface area contributed by atoms with Crippen LogP contribution in [0.1, 0.15) is 41.5 Å². The van der Waals surface area contributed by atoms with Crippen LogP contribution < -0.4 is 10.7 Å². The number of sulfonamides is 1. The summed E-state index contributed by atoms with van der Waals surface area (Å²) < 4.78 is 49.0. The molecule has 1 aliphatic rings. The maximum absolute atomic E-state index is 15.1. The highest BCUT2D eigenvalue weighted by Gasteiger charge is 2.45. The number of hydrogen-bond acceptors (Lipinski definition) is 7. The average Bonchev–Trinajstić information content (AvgIpc) is 3.20. The fourth-order valence-corrected chi connectivity index (χ4v) is 6.40. The molecule has 3 aromatic rings. The molecular weight excluding hydrogens is 487 g/mol. The van der Waals surface area contributed by atoms with Gasteiger partial charge >= 0.3 is 5.76 Å².